The number of hydrogen-bond donors (Lipinski definition) is 1. The van der Waals surface area contributed by atoms with Crippen LogP contribution in [0.4, 0.5) is 18.9 Å². The molecule has 0 unspecified atom stereocenters. The van der Waals surface area contributed by atoms with Gasteiger partial charge in [0, 0.05) is 36.4 Å². The predicted molar refractivity (Wildman–Crippen MR) is 132 cm³/mol. The van der Waals surface area contributed by atoms with Crippen molar-refractivity contribution in [2.75, 3.05) is 31.5 Å². The zero-order chi connectivity index (χ0) is 26.2. The summed E-state index contributed by atoms with van der Waals surface area (Å²) < 4.78 is 40.5. The third kappa shape index (κ3) is 5.61. The van der Waals surface area contributed by atoms with Gasteiger partial charge in [-0.05, 0) is 75.5 Å². The highest BCUT2D eigenvalue weighted by Crippen LogP contribution is 2.28. The first kappa shape index (κ1) is 25.2. The van der Waals surface area contributed by atoms with Gasteiger partial charge in [0.15, 0.2) is 0 Å². The summed E-state index contributed by atoms with van der Waals surface area (Å²) in [4.78, 5) is 33.4. The third-order valence-corrected chi connectivity index (χ3v) is 7.19. The van der Waals surface area contributed by atoms with Crippen LogP contribution >= 0.6 is 0 Å². The lowest BCUT2D eigenvalue weighted by molar-refractivity contribution is -0.141. The molecule has 0 spiro atoms. The van der Waals surface area contributed by atoms with Crippen LogP contribution in [0.2, 0.25) is 0 Å². The molecule has 2 fully saturated rings. The standard InChI is InChI=1S/C26H29F3N6O2/c1-17-13-22-18(14-21(17)31-25(37)20-5-4-6-23(30-20)26(27,28)29)15-35(32-22)16-24(36)34-11-7-19(8-12-34)33-9-2-3-10-33/h4-6,13-15,19H,2-3,7-12,16H2,1H3,(H,31,37). The van der Waals surface area contributed by atoms with Gasteiger partial charge in [-0.2, -0.15) is 18.3 Å². The summed E-state index contributed by atoms with van der Waals surface area (Å²) in [6.07, 6.45) is 1.62. The van der Waals surface area contributed by atoms with Crippen molar-refractivity contribution in [2.24, 2.45) is 0 Å². The molecule has 196 valence electrons. The second kappa shape index (κ2) is 10.1. The van der Waals surface area contributed by atoms with Crippen LogP contribution in [0.3, 0.4) is 0 Å². The van der Waals surface area contributed by atoms with Crippen LogP contribution in [0.15, 0.2) is 36.5 Å². The Hall–Kier alpha value is -3.47. The first-order chi connectivity index (χ1) is 17.7. The van der Waals surface area contributed by atoms with Crippen LogP contribution in [-0.4, -0.2) is 68.6 Å². The van der Waals surface area contributed by atoms with Crippen molar-refractivity contribution < 1.29 is 22.8 Å². The second-order valence-electron chi connectivity index (χ2n) is 9.77. The van der Waals surface area contributed by atoms with Gasteiger partial charge < -0.3 is 15.1 Å². The zero-order valence-corrected chi connectivity index (χ0v) is 20.6. The Morgan fingerprint density at radius 1 is 1.08 bits per heavy atom. The van der Waals surface area contributed by atoms with Crippen LogP contribution in [-0.2, 0) is 17.5 Å². The van der Waals surface area contributed by atoms with E-state index in [0.717, 1.165) is 51.2 Å². The van der Waals surface area contributed by atoms with Crippen LogP contribution < -0.4 is 5.32 Å². The molecule has 8 nitrogen and oxygen atoms in total. The summed E-state index contributed by atoms with van der Waals surface area (Å²) in [7, 11) is 0. The van der Waals surface area contributed by atoms with Crippen molar-refractivity contribution >= 4 is 28.4 Å². The fourth-order valence-electron chi connectivity index (χ4n) is 5.17. The van der Waals surface area contributed by atoms with Crippen LogP contribution in [0.1, 0.15) is 47.4 Å². The zero-order valence-electron chi connectivity index (χ0n) is 20.6. The molecule has 0 saturated carbocycles. The molecule has 11 heteroatoms. The maximum atomic E-state index is 13.0. The minimum absolute atomic E-state index is 0.0218. The van der Waals surface area contributed by atoms with Crippen LogP contribution in [0.5, 0.6) is 0 Å². The predicted octanol–water partition coefficient (Wildman–Crippen LogP) is 4.10. The van der Waals surface area contributed by atoms with Crippen molar-refractivity contribution in [2.45, 2.75) is 51.4 Å². The number of alkyl halides is 3. The third-order valence-electron chi connectivity index (χ3n) is 7.19. The number of pyridine rings is 1. The number of benzene rings is 1. The van der Waals surface area contributed by atoms with E-state index < -0.39 is 17.8 Å². The van der Waals surface area contributed by atoms with Gasteiger partial charge in [-0.1, -0.05) is 6.07 Å². The first-order valence-corrected chi connectivity index (χ1v) is 12.5. The Bertz CT molecular complexity index is 1310. The van der Waals surface area contributed by atoms with E-state index in [1.54, 1.807) is 29.9 Å². The van der Waals surface area contributed by atoms with Gasteiger partial charge in [0.1, 0.15) is 17.9 Å². The molecule has 0 radical (unpaired) electrons. The SMILES string of the molecule is Cc1cc2nn(CC(=O)N3CCC(N4CCCC4)CC3)cc2cc1NC(=O)c1cccc(C(F)(F)F)n1. The monoisotopic (exact) mass is 514 g/mol. The van der Waals surface area contributed by atoms with Gasteiger partial charge in [0.2, 0.25) is 5.91 Å². The van der Waals surface area contributed by atoms with Crippen molar-refractivity contribution in [3.05, 3.63) is 53.5 Å². The number of aromatic nitrogens is 3. The Kier molecular flexibility index (Phi) is 6.89. The number of rotatable bonds is 5. The summed E-state index contributed by atoms with van der Waals surface area (Å²) in [5.41, 5.74) is 0.329. The minimum atomic E-state index is -4.64. The van der Waals surface area contributed by atoms with E-state index in [0.29, 0.717) is 28.2 Å². The van der Waals surface area contributed by atoms with E-state index in [9.17, 15) is 22.8 Å². The number of carbonyl (C=O) groups excluding carboxylic acids is 2. The fourth-order valence-corrected chi connectivity index (χ4v) is 5.17. The van der Waals surface area contributed by atoms with Crippen molar-refractivity contribution in [1.29, 1.82) is 0 Å². The van der Waals surface area contributed by atoms with Gasteiger partial charge in [-0.3, -0.25) is 14.3 Å². The number of anilines is 1. The highest BCUT2D eigenvalue weighted by atomic mass is 19.4. The Balaban J connectivity index is 1.24. The van der Waals surface area contributed by atoms with Gasteiger partial charge in [-0.25, -0.2) is 4.98 Å². The Labute approximate surface area is 212 Å². The molecule has 3 aromatic rings. The average molecular weight is 515 g/mol. The number of nitrogens with zero attached hydrogens (tertiary/aromatic N) is 5. The molecule has 0 atom stereocenters. The molecule has 37 heavy (non-hydrogen) atoms. The first-order valence-electron chi connectivity index (χ1n) is 12.5. The lowest BCUT2D eigenvalue weighted by Gasteiger charge is -2.36. The Morgan fingerprint density at radius 2 is 1.81 bits per heavy atom. The number of fused-ring (bicyclic) bond motifs is 1. The van der Waals surface area contributed by atoms with Gasteiger partial charge in [0.25, 0.3) is 5.91 Å². The maximum absolute atomic E-state index is 13.0. The van der Waals surface area contributed by atoms with Crippen LogP contribution in [0, 0.1) is 6.92 Å². The number of halogens is 3. The summed E-state index contributed by atoms with van der Waals surface area (Å²) in [6.45, 7) is 5.72. The van der Waals surface area contributed by atoms with E-state index in [1.165, 1.54) is 18.9 Å². The number of piperidine rings is 1. The minimum Gasteiger partial charge on any atom is -0.341 e. The number of likely N-dealkylation sites (tertiary alicyclic amines) is 2. The number of aryl methyl sites for hydroxylation is 1. The Morgan fingerprint density at radius 3 is 2.51 bits per heavy atom. The van der Waals surface area contributed by atoms with E-state index in [2.05, 4.69) is 20.3 Å². The molecular formula is C26H29F3N6O2. The summed E-state index contributed by atoms with van der Waals surface area (Å²) >= 11 is 0. The maximum Gasteiger partial charge on any atom is 0.433 e. The second-order valence-corrected chi connectivity index (χ2v) is 9.77. The average Bonchev–Trinajstić information content (AvgIpc) is 3.54. The number of hydrogen-bond acceptors (Lipinski definition) is 5. The summed E-state index contributed by atoms with van der Waals surface area (Å²) in [5.74, 6) is -0.720. The van der Waals surface area contributed by atoms with Crippen LogP contribution in [0.25, 0.3) is 10.9 Å². The number of nitrogens with one attached hydrogen (secondary N) is 1. The van der Waals surface area contributed by atoms with E-state index in [4.69, 9.17) is 0 Å². The van der Waals surface area contributed by atoms with E-state index in [1.807, 2.05) is 4.90 Å². The summed E-state index contributed by atoms with van der Waals surface area (Å²) in [5, 5.41) is 7.86. The molecule has 2 saturated heterocycles. The number of amides is 2. The van der Waals surface area contributed by atoms with Gasteiger partial charge in [0.05, 0.1) is 5.52 Å². The highest BCUT2D eigenvalue weighted by molar-refractivity contribution is 6.04. The molecule has 0 bridgehead atoms. The van der Waals surface area contributed by atoms with Crippen molar-refractivity contribution in [3.63, 3.8) is 0 Å². The lowest BCUT2D eigenvalue weighted by Crippen LogP contribution is -2.46. The largest absolute Gasteiger partial charge is 0.433 e. The quantitative estimate of drug-likeness (QED) is 0.555. The fraction of sp³-hybridized carbons (Fsp3) is 0.462. The smallest absolute Gasteiger partial charge is 0.341 e. The van der Waals surface area contributed by atoms with Crippen molar-refractivity contribution in [3.8, 4) is 0 Å². The van der Waals surface area contributed by atoms with Gasteiger partial charge >= 0.3 is 6.18 Å². The molecule has 2 aliphatic heterocycles. The molecule has 1 N–H and O–H groups in total. The highest BCUT2D eigenvalue weighted by Gasteiger charge is 2.33. The lowest BCUT2D eigenvalue weighted by atomic mass is 10.0. The molecule has 1 aromatic carbocycles. The molecule has 5 rings (SSSR count). The molecular weight excluding hydrogens is 485 g/mol. The summed E-state index contributed by atoms with van der Waals surface area (Å²) in [6, 6.07) is 7.24. The van der Waals surface area contributed by atoms with E-state index >= 15 is 0 Å². The van der Waals surface area contributed by atoms with E-state index in [-0.39, 0.29) is 18.1 Å². The molecule has 0 aliphatic carbocycles. The molecule has 2 aliphatic rings. The molecule has 2 aromatic heterocycles. The molecule has 2 amide bonds. The van der Waals surface area contributed by atoms with Gasteiger partial charge in [-0.15, -0.1) is 0 Å². The van der Waals surface area contributed by atoms with Crippen molar-refractivity contribution in [1.82, 2.24) is 24.6 Å². The number of carbonyl (C=O) groups is 2. The topological polar surface area (TPSA) is 83.4 Å². The molecule has 4 heterocycles. The normalized spacial score (nSPS) is 17.5.